The molecule has 0 saturated heterocycles. The maximum atomic E-state index is 12.3. The average molecular weight is 241 g/mol. The molecule has 0 N–H and O–H groups in total. The number of carbonyl (C=O) groups excluding carboxylic acids is 1. The number of carbonyl (C=O) groups is 1. The molecule has 94 valence electrons. The molecule has 0 heterocycles. The zero-order chi connectivity index (χ0) is 13.1. The molecule has 0 bridgehead atoms. The van der Waals surface area contributed by atoms with Gasteiger partial charge in [-0.2, -0.15) is 0 Å². The van der Waals surface area contributed by atoms with Gasteiger partial charge >= 0.3 is 0 Å². The largest absolute Gasteiger partial charge is 0.309 e. The van der Waals surface area contributed by atoms with E-state index in [9.17, 15) is 4.79 Å². The maximum Gasteiger partial charge on any atom is 0.166 e. The molecule has 0 spiro atoms. The summed E-state index contributed by atoms with van der Waals surface area (Å²) in [5.74, 6) is 0.246. The summed E-state index contributed by atoms with van der Waals surface area (Å²) in [6.45, 7) is 2.77. The molecule has 0 aromatic heterocycles. The number of hydrogen-bond donors (Lipinski definition) is 0. The van der Waals surface area contributed by atoms with Crippen molar-refractivity contribution in [3.8, 4) is 0 Å². The van der Waals surface area contributed by atoms with E-state index in [2.05, 4.69) is 6.07 Å². The molecule has 2 heteroatoms. The first-order valence-corrected chi connectivity index (χ1v) is 6.25. The molecule has 2 rings (SSSR count). The minimum atomic E-state index is 0.0289. The third-order valence-corrected chi connectivity index (χ3v) is 3.12. The Bertz CT molecular complexity index is 560. The molecule has 2 aromatic carbocycles. The first kappa shape index (κ1) is 12.8. The number of ketones is 1. The standard InChI is InChI=1S/C16H19NO/c1-12(11-17(2)3)16(18)15-9-8-13-6-4-5-7-14(13)10-15/h4-10,12H,11H2,1-3H3/t12-/m1/s1. The van der Waals surface area contributed by atoms with E-state index in [1.165, 1.54) is 5.39 Å². The van der Waals surface area contributed by atoms with Gasteiger partial charge in [-0.05, 0) is 30.9 Å². The average Bonchev–Trinajstić information content (AvgIpc) is 2.36. The van der Waals surface area contributed by atoms with Crippen LogP contribution >= 0.6 is 0 Å². The fourth-order valence-electron chi connectivity index (χ4n) is 2.26. The predicted octanol–water partition coefficient (Wildman–Crippen LogP) is 3.22. The molecule has 0 saturated carbocycles. The SMILES string of the molecule is C[C@H](CN(C)C)C(=O)c1ccc2ccccc2c1. The molecule has 18 heavy (non-hydrogen) atoms. The van der Waals surface area contributed by atoms with Crippen molar-refractivity contribution < 1.29 is 4.79 Å². The fourth-order valence-corrected chi connectivity index (χ4v) is 2.26. The lowest BCUT2D eigenvalue weighted by molar-refractivity contribution is 0.0910. The lowest BCUT2D eigenvalue weighted by Gasteiger charge is -2.16. The zero-order valence-electron chi connectivity index (χ0n) is 11.2. The summed E-state index contributed by atoms with van der Waals surface area (Å²) in [5.41, 5.74) is 0.808. The van der Waals surface area contributed by atoms with Crippen molar-refractivity contribution in [2.75, 3.05) is 20.6 Å². The van der Waals surface area contributed by atoms with Gasteiger partial charge in [0.25, 0.3) is 0 Å². The fraction of sp³-hybridized carbons (Fsp3) is 0.312. The van der Waals surface area contributed by atoms with E-state index in [-0.39, 0.29) is 11.7 Å². The van der Waals surface area contributed by atoms with Gasteiger partial charge < -0.3 is 4.90 Å². The summed E-state index contributed by atoms with van der Waals surface area (Å²) in [6, 6.07) is 14.1. The van der Waals surface area contributed by atoms with Crippen LogP contribution in [0.25, 0.3) is 10.8 Å². The van der Waals surface area contributed by atoms with Crippen molar-refractivity contribution in [1.82, 2.24) is 4.90 Å². The first-order chi connectivity index (χ1) is 8.58. The van der Waals surface area contributed by atoms with Gasteiger partial charge in [-0.3, -0.25) is 4.79 Å². The number of benzene rings is 2. The van der Waals surface area contributed by atoms with Crippen LogP contribution in [-0.2, 0) is 0 Å². The van der Waals surface area contributed by atoms with Crippen LogP contribution in [-0.4, -0.2) is 31.3 Å². The van der Waals surface area contributed by atoms with E-state index in [0.29, 0.717) is 0 Å². The monoisotopic (exact) mass is 241 g/mol. The van der Waals surface area contributed by atoms with E-state index >= 15 is 0 Å². The summed E-state index contributed by atoms with van der Waals surface area (Å²) in [4.78, 5) is 14.3. The minimum Gasteiger partial charge on any atom is -0.309 e. The van der Waals surface area contributed by atoms with Gasteiger partial charge in [0.1, 0.15) is 0 Å². The molecule has 0 aliphatic heterocycles. The topological polar surface area (TPSA) is 20.3 Å². The molecular weight excluding hydrogens is 222 g/mol. The van der Waals surface area contributed by atoms with Crippen LogP contribution in [0.1, 0.15) is 17.3 Å². The Hall–Kier alpha value is -1.67. The van der Waals surface area contributed by atoms with Crippen molar-refractivity contribution in [3.63, 3.8) is 0 Å². The van der Waals surface area contributed by atoms with Crippen molar-refractivity contribution in [3.05, 3.63) is 48.0 Å². The molecule has 2 nitrogen and oxygen atoms in total. The van der Waals surface area contributed by atoms with Crippen LogP contribution < -0.4 is 0 Å². The molecule has 0 fully saturated rings. The van der Waals surface area contributed by atoms with Gasteiger partial charge in [-0.1, -0.05) is 43.3 Å². The van der Waals surface area contributed by atoms with E-state index in [0.717, 1.165) is 17.5 Å². The summed E-state index contributed by atoms with van der Waals surface area (Å²) >= 11 is 0. The van der Waals surface area contributed by atoms with Crippen molar-refractivity contribution >= 4 is 16.6 Å². The number of fused-ring (bicyclic) bond motifs is 1. The molecule has 0 radical (unpaired) electrons. The molecule has 0 aliphatic carbocycles. The third-order valence-electron chi connectivity index (χ3n) is 3.12. The maximum absolute atomic E-state index is 12.3. The predicted molar refractivity (Wildman–Crippen MR) is 76.0 cm³/mol. The molecule has 0 amide bonds. The lowest BCUT2D eigenvalue weighted by Crippen LogP contribution is -2.25. The quantitative estimate of drug-likeness (QED) is 0.766. The Labute approximate surface area is 108 Å². The summed E-state index contributed by atoms with van der Waals surface area (Å²) in [5, 5.41) is 2.30. The third kappa shape index (κ3) is 2.77. The summed E-state index contributed by atoms with van der Waals surface area (Å²) in [6.07, 6.45) is 0. The van der Waals surface area contributed by atoms with E-state index in [1.54, 1.807) is 0 Å². The van der Waals surface area contributed by atoms with Gasteiger partial charge in [0.05, 0.1) is 0 Å². The van der Waals surface area contributed by atoms with Crippen LogP contribution in [0.2, 0.25) is 0 Å². The van der Waals surface area contributed by atoms with E-state index in [4.69, 9.17) is 0 Å². The lowest BCUT2D eigenvalue weighted by atomic mass is 9.97. The van der Waals surface area contributed by atoms with Crippen LogP contribution in [0.5, 0.6) is 0 Å². The van der Waals surface area contributed by atoms with Crippen LogP contribution in [0.3, 0.4) is 0 Å². The highest BCUT2D eigenvalue weighted by atomic mass is 16.1. The normalized spacial score (nSPS) is 12.9. The molecule has 2 aromatic rings. The molecule has 1 atom stereocenters. The second-order valence-electron chi connectivity index (χ2n) is 5.09. The smallest absolute Gasteiger partial charge is 0.166 e. The highest BCUT2D eigenvalue weighted by Gasteiger charge is 2.15. The van der Waals surface area contributed by atoms with Gasteiger partial charge in [-0.15, -0.1) is 0 Å². The summed E-state index contributed by atoms with van der Waals surface area (Å²) < 4.78 is 0. The Kier molecular flexibility index (Phi) is 3.78. The van der Waals surface area contributed by atoms with Crippen LogP contribution in [0.15, 0.2) is 42.5 Å². The van der Waals surface area contributed by atoms with Gasteiger partial charge in [0.15, 0.2) is 5.78 Å². The van der Waals surface area contributed by atoms with E-state index in [1.807, 2.05) is 62.3 Å². The van der Waals surface area contributed by atoms with Crippen molar-refractivity contribution in [2.45, 2.75) is 6.92 Å². The number of nitrogens with zero attached hydrogens (tertiary/aromatic N) is 1. The Morgan fingerprint density at radius 2 is 1.78 bits per heavy atom. The number of rotatable bonds is 4. The number of Topliss-reactive ketones (excluding diaryl/α,β-unsaturated/α-hetero) is 1. The molecular formula is C16H19NO. The van der Waals surface area contributed by atoms with Crippen molar-refractivity contribution in [1.29, 1.82) is 0 Å². The molecule has 0 aliphatic rings. The highest BCUT2D eigenvalue weighted by molar-refractivity contribution is 6.01. The molecule has 0 unspecified atom stereocenters. The first-order valence-electron chi connectivity index (χ1n) is 6.25. The number of hydrogen-bond acceptors (Lipinski definition) is 2. The Morgan fingerprint density at radius 1 is 1.11 bits per heavy atom. The second kappa shape index (κ2) is 5.32. The Morgan fingerprint density at radius 3 is 2.44 bits per heavy atom. The van der Waals surface area contributed by atoms with Gasteiger partial charge in [0, 0.05) is 18.0 Å². The highest BCUT2D eigenvalue weighted by Crippen LogP contribution is 2.18. The van der Waals surface area contributed by atoms with Crippen LogP contribution in [0.4, 0.5) is 0 Å². The minimum absolute atomic E-state index is 0.0289. The Balaban J connectivity index is 2.28. The van der Waals surface area contributed by atoms with Gasteiger partial charge in [-0.25, -0.2) is 0 Å². The van der Waals surface area contributed by atoms with Gasteiger partial charge in [0.2, 0.25) is 0 Å². The van der Waals surface area contributed by atoms with Crippen molar-refractivity contribution in [2.24, 2.45) is 5.92 Å². The van der Waals surface area contributed by atoms with E-state index < -0.39 is 0 Å². The second-order valence-corrected chi connectivity index (χ2v) is 5.09. The summed E-state index contributed by atoms with van der Waals surface area (Å²) in [7, 11) is 3.98. The zero-order valence-corrected chi connectivity index (χ0v) is 11.2. The van der Waals surface area contributed by atoms with Crippen LogP contribution in [0, 0.1) is 5.92 Å².